The van der Waals surface area contributed by atoms with Crippen LogP contribution in [-0.4, -0.2) is 26.2 Å². The van der Waals surface area contributed by atoms with Crippen molar-refractivity contribution in [2.75, 3.05) is 19.5 Å². The molecule has 0 bridgehead atoms. The molecular formula is C17H17NO4. The Hall–Kier alpha value is -2.82. The molecule has 2 rings (SSSR count). The van der Waals surface area contributed by atoms with E-state index in [1.165, 1.54) is 14.2 Å². The zero-order valence-corrected chi connectivity index (χ0v) is 12.7. The van der Waals surface area contributed by atoms with E-state index in [0.717, 1.165) is 5.69 Å². The molecule has 2 aromatic carbocycles. The third kappa shape index (κ3) is 3.25. The maximum Gasteiger partial charge on any atom is 0.339 e. The predicted octanol–water partition coefficient (Wildman–Crippen LogP) is 3.31. The van der Waals surface area contributed by atoms with Crippen LogP contribution < -0.4 is 5.32 Å². The van der Waals surface area contributed by atoms with Crippen LogP contribution in [0.3, 0.4) is 0 Å². The van der Waals surface area contributed by atoms with Gasteiger partial charge in [0.1, 0.15) is 0 Å². The Kier molecular flexibility index (Phi) is 4.78. The zero-order chi connectivity index (χ0) is 16.1. The van der Waals surface area contributed by atoms with E-state index in [1.807, 2.05) is 30.3 Å². The van der Waals surface area contributed by atoms with Gasteiger partial charge in [-0.3, -0.25) is 0 Å². The number of aryl methyl sites for hydroxylation is 1. The second kappa shape index (κ2) is 6.76. The normalized spacial score (nSPS) is 9.95. The van der Waals surface area contributed by atoms with Gasteiger partial charge < -0.3 is 14.8 Å². The molecule has 22 heavy (non-hydrogen) atoms. The second-order valence-electron chi connectivity index (χ2n) is 4.69. The molecule has 0 aliphatic rings. The van der Waals surface area contributed by atoms with Crippen molar-refractivity contribution in [2.24, 2.45) is 0 Å². The minimum Gasteiger partial charge on any atom is -0.465 e. The Morgan fingerprint density at radius 3 is 2.09 bits per heavy atom. The molecule has 5 nitrogen and oxygen atoms in total. The van der Waals surface area contributed by atoms with Gasteiger partial charge in [-0.1, -0.05) is 18.2 Å². The van der Waals surface area contributed by atoms with Gasteiger partial charge in [-0.2, -0.15) is 0 Å². The van der Waals surface area contributed by atoms with Gasteiger partial charge in [0.2, 0.25) is 0 Å². The maximum atomic E-state index is 11.9. The van der Waals surface area contributed by atoms with Crippen LogP contribution in [0.4, 0.5) is 11.4 Å². The molecule has 0 spiro atoms. The summed E-state index contributed by atoms with van der Waals surface area (Å²) >= 11 is 0. The van der Waals surface area contributed by atoms with E-state index in [1.54, 1.807) is 19.1 Å². The molecule has 114 valence electrons. The lowest BCUT2D eigenvalue weighted by atomic mass is 10.0. The van der Waals surface area contributed by atoms with E-state index in [9.17, 15) is 9.59 Å². The highest BCUT2D eigenvalue weighted by molar-refractivity contribution is 6.00. The number of hydrogen-bond donors (Lipinski definition) is 1. The number of anilines is 2. The van der Waals surface area contributed by atoms with Crippen molar-refractivity contribution in [3.05, 3.63) is 59.2 Å². The summed E-state index contributed by atoms with van der Waals surface area (Å²) in [4.78, 5) is 23.8. The van der Waals surface area contributed by atoms with Crippen LogP contribution in [0.1, 0.15) is 26.3 Å². The maximum absolute atomic E-state index is 11.9. The van der Waals surface area contributed by atoms with Crippen LogP contribution in [0, 0.1) is 6.92 Å². The second-order valence-corrected chi connectivity index (χ2v) is 4.69. The Morgan fingerprint density at radius 1 is 0.909 bits per heavy atom. The summed E-state index contributed by atoms with van der Waals surface area (Å²) in [5.74, 6) is -0.928. The molecule has 0 radical (unpaired) electrons. The van der Waals surface area contributed by atoms with Crippen LogP contribution >= 0.6 is 0 Å². The van der Waals surface area contributed by atoms with E-state index in [2.05, 4.69) is 5.32 Å². The summed E-state index contributed by atoms with van der Waals surface area (Å²) in [5, 5.41) is 3.13. The molecule has 0 saturated heterocycles. The lowest BCUT2D eigenvalue weighted by molar-refractivity contribution is 0.0587. The molecule has 0 aliphatic heterocycles. The molecule has 5 heteroatoms. The first-order valence-electron chi connectivity index (χ1n) is 6.70. The lowest BCUT2D eigenvalue weighted by Gasteiger charge is -2.14. The monoisotopic (exact) mass is 299 g/mol. The molecule has 0 unspecified atom stereocenters. The minimum atomic E-state index is -0.474. The highest BCUT2D eigenvalue weighted by Crippen LogP contribution is 2.26. The number of nitrogens with one attached hydrogen (secondary N) is 1. The molecule has 0 saturated carbocycles. The van der Waals surface area contributed by atoms with Gasteiger partial charge in [0.15, 0.2) is 0 Å². The van der Waals surface area contributed by atoms with Crippen molar-refractivity contribution >= 4 is 23.3 Å². The number of carbonyl (C=O) groups excluding carboxylic acids is 2. The first-order valence-corrected chi connectivity index (χ1v) is 6.70. The van der Waals surface area contributed by atoms with Crippen molar-refractivity contribution < 1.29 is 19.1 Å². The first kappa shape index (κ1) is 15.6. The van der Waals surface area contributed by atoms with Crippen LogP contribution in [-0.2, 0) is 9.47 Å². The summed E-state index contributed by atoms with van der Waals surface area (Å²) in [7, 11) is 2.64. The summed E-state index contributed by atoms with van der Waals surface area (Å²) in [6.45, 7) is 1.74. The SMILES string of the molecule is COC(=O)c1cc(Nc2ccccc2)c(C(=O)OC)cc1C. The largest absolute Gasteiger partial charge is 0.465 e. The zero-order valence-electron chi connectivity index (χ0n) is 12.7. The average molecular weight is 299 g/mol. The van der Waals surface area contributed by atoms with E-state index >= 15 is 0 Å². The fraction of sp³-hybridized carbons (Fsp3) is 0.176. The fourth-order valence-corrected chi connectivity index (χ4v) is 2.10. The van der Waals surface area contributed by atoms with E-state index in [0.29, 0.717) is 22.4 Å². The van der Waals surface area contributed by atoms with Crippen molar-refractivity contribution in [2.45, 2.75) is 6.92 Å². The van der Waals surface area contributed by atoms with Crippen molar-refractivity contribution in [1.82, 2.24) is 0 Å². The number of hydrogen-bond acceptors (Lipinski definition) is 5. The Bertz CT molecular complexity index is 695. The van der Waals surface area contributed by atoms with Crippen LogP contribution in [0.25, 0.3) is 0 Å². The number of benzene rings is 2. The summed E-state index contributed by atoms with van der Waals surface area (Å²) in [5.41, 5.74) is 2.69. The number of esters is 2. The molecule has 0 aromatic heterocycles. The van der Waals surface area contributed by atoms with E-state index in [4.69, 9.17) is 9.47 Å². The van der Waals surface area contributed by atoms with E-state index < -0.39 is 11.9 Å². The standard InChI is InChI=1S/C17H17NO4/c1-11-9-14(17(20)22-3)15(10-13(11)16(19)21-2)18-12-7-5-4-6-8-12/h4-10,18H,1-3H3. The van der Waals surface area contributed by atoms with Gasteiger partial charge in [-0.15, -0.1) is 0 Å². The van der Waals surface area contributed by atoms with Gasteiger partial charge >= 0.3 is 11.9 Å². The molecule has 1 N–H and O–H groups in total. The molecular weight excluding hydrogens is 282 g/mol. The van der Waals surface area contributed by atoms with Gasteiger partial charge in [0, 0.05) is 5.69 Å². The Labute approximate surface area is 128 Å². The van der Waals surface area contributed by atoms with Crippen molar-refractivity contribution in [3.8, 4) is 0 Å². The number of para-hydroxylation sites is 1. The third-order valence-electron chi connectivity index (χ3n) is 3.23. The number of ether oxygens (including phenoxy) is 2. The highest BCUT2D eigenvalue weighted by Gasteiger charge is 2.18. The molecule has 0 heterocycles. The minimum absolute atomic E-state index is 0.358. The Morgan fingerprint density at radius 2 is 1.50 bits per heavy atom. The van der Waals surface area contributed by atoms with Crippen LogP contribution in [0.5, 0.6) is 0 Å². The van der Waals surface area contributed by atoms with Crippen LogP contribution in [0.2, 0.25) is 0 Å². The predicted molar refractivity (Wildman–Crippen MR) is 83.6 cm³/mol. The molecule has 2 aromatic rings. The topological polar surface area (TPSA) is 64.6 Å². The highest BCUT2D eigenvalue weighted by atomic mass is 16.5. The molecule has 0 amide bonds. The van der Waals surface area contributed by atoms with Gasteiger partial charge in [0.05, 0.1) is 31.0 Å². The van der Waals surface area contributed by atoms with E-state index in [-0.39, 0.29) is 0 Å². The fourth-order valence-electron chi connectivity index (χ4n) is 2.10. The third-order valence-corrected chi connectivity index (χ3v) is 3.23. The molecule has 0 aliphatic carbocycles. The first-order chi connectivity index (χ1) is 10.6. The summed E-state index contributed by atoms with van der Waals surface area (Å²) in [6.07, 6.45) is 0. The molecule has 0 fully saturated rings. The number of rotatable bonds is 4. The van der Waals surface area contributed by atoms with Crippen molar-refractivity contribution in [3.63, 3.8) is 0 Å². The van der Waals surface area contributed by atoms with Crippen LogP contribution in [0.15, 0.2) is 42.5 Å². The van der Waals surface area contributed by atoms with Gasteiger partial charge in [-0.25, -0.2) is 9.59 Å². The quantitative estimate of drug-likeness (QED) is 0.877. The van der Waals surface area contributed by atoms with Crippen molar-refractivity contribution in [1.29, 1.82) is 0 Å². The summed E-state index contributed by atoms with van der Waals surface area (Å²) in [6, 6.07) is 12.6. The number of methoxy groups -OCH3 is 2. The Balaban J connectivity index is 2.52. The number of carbonyl (C=O) groups is 2. The van der Waals surface area contributed by atoms with Gasteiger partial charge in [-0.05, 0) is 36.8 Å². The summed E-state index contributed by atoms with van der Waals surface area (Å²) < 4.78 is 9.57. The molecule has 0 atom stereocenters. The smallest absolute Gasteiger partial charge is 0.339 e. The van der Waals surface area contributed by atoms with Gasteiger partial charge in [0.25, 0.3) is 0 Å². The lowest BCUT2D eigenvalue weighted by Crippen LogP contribution is -2.10. The average Bonchev–Trinajstić information content (AvgIpc) is 2.55.